The van der Waals surface area contributed by atoms with Gasteiger partial charge in [0.15, 0.2) is 0 Å². The molecule has 0 spiro atoms. The van der Waals surface area contributed by atoms with Crippen molar-refractivity contribution in [2.75, 3.05) is 9.80 Å². The van der Waals surface area contributed by atoms with Crippen molar-refractivity contribution in [3.8, 4) is 11.1 Å². The topological polar surface area (TPSA) is 6.48 Å². The van der Waals surface area contributed by atoms with E-state index in [-0.39, 0.29) is 11.8 Å². The van der Waals surface area contributed by atoms with Crippen molar-refractivity contribution in [3.05, 3.63) is 326 Å². The zero-order chi connectivity index (χ0) is 55.2. The number of fused-ring (bicyclic) bond motifs is 12. The highest BCUT2D eigenvalue weighted by Crippen LogP contribution is 2.54. The van der Waals surface area contributed by atoms with Crippen molar-refractivity contribution in [2.45, 2.75) is 5.92 Å². The number of benzene rings is 15. The summed E-state index contributed by atoms with van der Waals surface area (Å²) >= 11 is 0. The van der Waals surface area contributed by atoms with E-state index in [1.165, 1.54) is 120 Å². The molecule has 0 N–H and O–H groups in total. The van der Waals surface area contributed by atoms with Gasteiger partial charge in [-0.3, -0.25) is 0 Å². The first-order valence-electron chi connectivity index (χ1n) is 29.3. The Hall–Kier alpha value is -10.8. The van der Waals surface area contributed by atoms with Gasteiger partial charge in [0, 0.05) is 46.0 Å². The van der Waals surface area contributed by atoms with Crippen molar-refractivity contribution >= 4 is 132 Å². The summed E-state index contributed by atoms with van der Waals surface area (Å²) in [6.45, 7) is 0. The van der Waals surface area contributed by atoms with Crippen LogP contribution in [0.3, 0.4) is 0 Å². The number of anilines is 6. The van der Waals surface area contributed by atoms with Crippen molar-refractivity contribution < 1.29 is 0 Å². The summed E-state index contributed by atoms with van der Waals surface area (Å²) in [5.74, 6) is 0.265. The molecule has 2 aliphatic rings. The van der Waals surface area contributed by atoms with Gasteiger partial charge >= 0.3 is 0 Å². The van der Waals surface area contributed by atoms with Gasteiger partial charge in [-0.25, -0.2) is 0 Å². The minimum Gasteiger partial charge on any atom is -0.310 e. The van der Waals surface area contributed by atoms with Gasteiger partial charge in [0.05, 0.1) is 0 Å². The highest BCUT2D eigenvalue weighted by atomic mass is 15.1. The quantitative estimate of drug-likeness (QED) is 0.111. The fourth-order valence-corrected chi connectivity index (χ4v) is 14.2. The maximum absolute atomic E-state index is 2.52. The van der Waals surface area contributed by atoms with Crippen LogP contribution in [-0.2, 0) is 0 Å². The first kappa shape index (κ1) is 48.0. The number of nitrogens with zero attached hydrogens (tertiary/aromatic N) is 2. The summed E-state index contributed by atoms with van der Waals surface area (Å²) in [7, 11) is 0. The molecule has 2 unspecified atom stereocenters. The van der Waals surface area contributed by atoms with Gasteiger partial charge in [-0.1, -0.05) is 237 Å². The van der Waals surface area contributed by atoms with E-state index < -0.39 is 0 Å². The van der Waals surface area contributed by atoms with Gasteiger partial charge in [0.1, 0.15) is 0 Å². The molecule has 0 aliphatic heterocycles. The molecular formula is C82H54N2. The van der Waals surface area contributed by atoms with Gasteiger partial charge in [0.25, 0.3) is 0 Å². The highest BCUT2D eigenvalue weighted by Gasteiger charge is 2.33. The first-order valence-corrected chi connectivity index (χ1v) is 29.3. The Bertz CT molecular complexity index is 5150. The smallest absolute Gasteiger partial charge is 0.0468 e. The molecule has 0 saturated carbocycles. The van der Waals surface area contributed by atoms with Crippen LogP contribution < -0.4 is 9.80 Å². The lowest BCUT2D eigenvalue weighted by molar-refractivity contribution is 0.710. The molecule has 0 heterocycles. The van der Waals surface area contributed by atoms with Crippen LogP contribution >= 0.6 is 0 Å². The lowest BCUT2D eigenvalue weighted by atomic mass is 9.69. The second-order valence-electron chi connectivity index (χ2n) is 22.7. The molecule has 0 saturated heterocycles. The molecule has 0 amide bonds. The predicted octanol–water partition coefficient (Wildman–Crippen LogP) is 22.9. The van der Waals surface area contributed by atoms with Crippen molar-refractivity contribution in [1.82, 2.24) is 0 Å². The van der Waals surface area contributed by atoms with Crippen molar-refractivity contribution in [2.24, 2.45) is 5.92 Å². The average Bonchev–Trinajstić information content (AvgIpc) is 3.54. The highest BCUT2D eigenvalue weighted by molar-refractivity contribution is 6.26. The third-order valence-electron chi connectivity index (χ3n) is 18.1. The van der Waals surface area contributed by atoms with Crippen LogP contribution in [0.1, 0.15) is 22.6 Å². The lowest BCUT2D eigenvalue weighted by Crippen LogP contribution is -2.18. The molecule has 0 aromatic heterocycles. The molecular weight excluding hydrogens is 1010 g/mol. The molecule has 84 heavy (non-hydrogen) atoms. The normalized spacial score (nSPS) is 14.6. The molecule has 392 valence electrons. The molecule has 17 rings (SSSR count). The fraction of sp³-hybridized carbons (Fsp3) is 0.0244. The van der Waals surface area contributed by atoms with Crippen LogP contribution in [0, 0.1) is 5.92 Å². The van der Waals surface area contributed by atoms with E-state index in [0.717, 1.165) is 34.1 Å². The van der Waals surface area contributed by atoms with E-state index in [0.29, 0.717) is 0 Å². The molecule has 0 fully saturated rings. The maximum Gasteiger partial charge on any atom is 0.0468 e. The van der Waals surface area contributed by atoms with Crippen LogP contribution in [0.25, 0.3) is 109 Å². The molecule has 2 aliphatic carbocycles. The van der Waals surface area contributed by atoms with Crippen molar-refractivity contribution in [1.29, 1.82) is 0 Å². The van der Waals surface area contributed by atoms with Crippen molar-refractivity contribution in [3.63, 3.8) is 0 Å². The monoisotopic (exact) mass is 1070 g/mol. The first-order chi connectivity index (χ1) is 41.6. The third-order valence-corrected chi connectivity index (χ3v) is 18.1. The van der Waals surface area contributed by atoms with Crippen LogP contribution in [-0.4, -0.2) is 0 Å². The number of hydrogen-bond donors (Lipinski definition) is 0. The SMILES string of the molecule is C1=CC2C(c3c4cc(N(c5ccc6ccccc6c5)c5ccc6ccccc6c5)ccc4c(-c4cc5ccccc5c5ccccc45)c4cc(N(c5ccc6ccccc6c5)c5ccc6ccccc6c5)ccc34)=Cc3ccccc3C2C=C1. The van der Waals surface area contributed by atoms with E-state index in [9.17, 15) is 0 Å². The second kappa shape index (κ2) is 19.4. The van der Waals surface area contributed by atoms with Crippen LogP contribution in [0.2, 0.25) is 0 Å². The van der Waals surface area contributed by atoms with Gasteiger partial charge in [-0.15, -0.1) is 0 Å². The Balaban J connectivity index is 1.02. The summed E-state index contributed by atoms with van der Waals surface area (Å²) in [5, 5.41) is 19.4. The Morgan fingerprint density at radius 1 is 0.238 bits per heavy atom. The van der Waals surface area contributed by atoms with Gasteiger partial charge < -0.3 is 9.80 Å². The van der Waals surface area contributed by atoms with Gasteiger partial charge in [-0.05, 0) is 198 Å². The van der Waals surface area contributed by atoms with E-state index in [4.69, 9.17) is 0 Å². The minimum atomic E-state index is 0.0933. The zero-order valence-electron chi connectivity index (χ0n) is 46.1. The zero-order valence-corrected chi connectivity index (χ0v) is 46.1. The van der Waals surface area contributed by atoms with E-state index in [1.807, 2.05) is 0 Å². The minimum absolute atomic E-state index is 0.0933. The largest absolute Gasteiger partial charge is 0.310 e. The van der Waals surface area contributed by atoms with Gasteiger partial charge in [0.2, 0.25) is 0 Å². The third kappa shape index (κ3) is 7.87. The van der Waals surface area contributed by atoms with Gasteiger partial charge in [-0.2, -0.15) is 0 Å². The molecule has 0 bridgehead atoms. The molecule has 2 heteroatoms. The summed E-state index contributed by atoms with van der Waals surface area (Å²) < 4.78 is 0. The summed E-state index contributed by atoms with van der Waals surface area (Å²) in [5.41, 5.74) is 14.2. The molecule has 0 radical (unpaired) electrons. The number of hydrogen-bond acceptors (Lipinski definition) is 2. The van der Waals surface area contributed by atoms with E-state index >= 15 is 0 Å². The molecule has 2 nitrogen and oxygen atoms in total. The lowest BCUT2D eigenvalue weighted by Gasteiger charge is -2.34. The summed E-state index contributed by atoms with van der Waals surface area (Å²) in [6, 6.07) is 107. The standard InChI is InChI=1S/C82H54N2/c1-5-21-57-45-63(37-33-53(57)17-1)83(64-38-34-54-18-2-6-22-58(54)46-64)67-41-43-75-79(51-67)81(77-49-61-25-9-11-27-69(61)71-29-13-15-31-73(71)77)76-44-42-68(52-80(76)82(75)78-50-62-26-10-12-28-70(62)72-30-14-16-32-74(72)78)84(65-39-35-55-19-3-7-23-59(55)47-65)66-40-36-56-20-4-8-24-60(56)48-66/h1-52,71,73H. The Kier molecular flexibility index (Phi) is 11.1. The predicted molar refractivity (Wildman–Crippen MR) is 360 cm³/mol. The van der Waals surface area contributed by atoms with E-state index in [1.54, 1.807) is 0 Å². The maximum atomic E-state index is 2.52. The summed E-state index contributed by atoms with van der Waals surface area (Å²) in [6.07, 6.45) is 11.9. The second-order valence-corrected chi connectivity index (χ2v) is 22.7. The molecule has 2 atom stereocenters. The van der Waals surface area contributed by atoms with E-state index in [2.05, 4.69) is 325 Å². The Morgan fingerprint density at radius 2 is 0.619 bits per heavy atom. The number of rotatable bonds is 8. The Labute approximate surface area is 488 Å². The Morgan fingerprint density at radius 3 is 1.14 bits per heavy atom. The summed E-state index contributed by atoms with van der Waals surface area (Å²) in [4.78, 5) is 4.95. The number of allylic oxidation sites excluding steroid dienone is 5. The molecule has 15 aromatic rings. The van der Waals surface area contributed by atoms with Crippen LogP contribution in [0.5, 0.6) is 0 Å². The van der Waals surface area contributed by atoms with Crippen LogP contribution in [0.15, 0.2) is 309 Å². The molecule has 15 aromatic carbocycles. The fourth-order valence-electron chi connectivity index (χ4n) is 14.2. The van der Waals surface area contributed by atoms with Crippen LogP contribution in [0.4, 0.5) is 34.1 Å². The average molecular weight is 1070 g/mol.